The van der Waals surface area contributed by atoms with Crippen molar-refractivity contribution in [1.82, 2.24) is 5.23 Å². The summed E-state index contributed by atoms with van der Waals surface area (Å²) in [6.45, 7) is 0. The second kappa shape index (κ2) is 3.71. The molecule has 0 unspecified atom stereocenters. The third-order valence-electron chi connectivity index (χ3n) is 1.57. The van der Waals surface area contributed by atoms with Crippen molar-refractivity contribution >= 4 is 19.6 Å². The number of hydrogen-bond acceptors (Lipinski definition) is 3. The molecule has 0 aliphatic heterocycles. The Balaban J connectivity index is 3.19. The van der Waals surface area contributed by atoms with Crippen molar-refractivity contribution in [3.05, 3.63) is 39.9 Å². The molecule has 0 radical (unpaired) electrons. The van der Waals surface area contributed by atoms with Crippen LogP contribution in [0.2, 0.25) is 0 Å². The lowest BCUT2D eigenvalue weighted by atomic mass is 10.1. The van der Waals surface area contributed by atoms with Crippen molar-refractivity contribution in [3.8, 4) is 0 Å². The number of rotatable bonds is 2. The van der Waals surface area contributed by atoms with Gasteiger partial charge in [0.2, 0.25) is 13.9 Å². The molecule has 1 rings (SSSR count). The fourth-order valence-corrected chi connectivity index (χ4v) is 0.960. The van der Waals surface area contributed by atoms with Gasteiger partial charge in [-0.15, -0.1) is 0 Å². The van der Waals surface area contributed by atoms with Crippen LogP contribution in [0.1, 0.15) is 10.4 Å². The Morgan fingerprint density at radius 3 is 2.62 bits per heavy atom. The minimum Gasteiger partial charge on any atom is -0.402 e. The second-order valence-electron chi connectivity index (χ2n) is 2.35. The van der Waals surface area contributed by atoms with E-state index >= 15 is 0 Å². The first-order valence-corrected chi connectivity index (χ1v) is 3.62. The predicted octanol–water partition coefficient (Wildman–Crippen LogP) is -0.127. The lowest BCUT2D eigenvalue weighted by Crippen LogP contribution is -2.20. The second-order valence-corrected chi connectivity index (χ2v) is 2.35. The van der Waals surface area contributed by atoms with E-state index in [1.165, 1.54) is 26.2 Å². The third kappa shape index (κ3) is 1.84. The lowest BCUT2D eigenvalue weighted by molar-refractivity contribution is -0.385. The van der Waals surface area contributed by atoms with E-state index in [-0.39, 0.29) is 11.3 Å². The van der Waals surface area contributed by atoms with Gasteiger partial charge in [-0.25, -0.2) is 0 Å². The molecule has 0 fully saturated rings. The molecule has 5 nitrogen and oxygen atoms in total. The highest BCUT2D eigenvalue weighted by Crippen LogP contribution is 2.16. The molecule has 1 amide bonds. The van der Waals surface area contributed by atoms with Crippen molar-refractivity contribution in [3.63, 3.8) is 0 Å². The van der Waals surface area contributed by atoms with Crippen molar-refractivity contribution in [2.75, 3.05) is 0 Å². The van der Waals surface area contributed by atoms with E-state index in [9.17, 15) is 14.9 Å². The normalized spacial score (nSPS) is 9.23. The van der Waals surface area contributed by atoms with Crippen LogP contribution in [0, 0.1) is 10.1 Å². The topological polar surface area (TPSA) is 72.2 Å². The van der Waals surface area contributed by atoms with E-state index in [0.29, 0.717) is 0 Å². The summed E-state index contributed by atoms with van der Waals surface area (Å²) < 4.78 is 0. The quantitative estimate of drug-likeness (QED) is 0.389. The number of hydrogen-bond donors (Lipinski definition) is 1. The standard InChI is InChI=1S/C7H7BN2O3/c8-9-7(11)5-3-1-2-4-6(5)10(12)13/h1-4H,8H2,(H,9,11). The zero-order valence-corrected chi connectivity index (χ0v) is 6.98. The summed E-state index contributed by atoms with van der Waals surface area (Å²) in [5.41, 5.74) is -0.100. The fourth-order valence-electron chi connectivity index (χ4n) is 0.960. The van der Waals surface area contributed by atoms with Crippen LogP contribution in [0.25, 0.3) is 0 Å². The van der Waals surface area contributed by atoms with E-state index < -0.39 is 10.8 Å². The average Bonchev–Trinajstić information content (AvgIpc) is 2.16. The largest absolute Gasteiger partial charge is 0.402 e. The summed E-state index contributed by atoms with van der Waals surface area (Å²) in [7, 11) is 1.43. The highest BCUT2D eigenvalue weighted by atomic mass is 16.6. The fraction of sp³-hybridized carbons (Fsp3) is 0. The average molecular weight is 178 g/mol. The number of carbonyl (C=O) groups excluding carboxylic acids is 1. The van der Waals surface area contributed by atoms with Crippen LogP contribution in [0.3, 0.4) is 0 Å². The minimum absolute atomic E-state index is 0.0787. The summed E-state index contributed by atoms with van der Waals surface area (Å²) in [5.74, 6) is -0.452. The highest BCUT2D eigenvalue weighted by molar-refractivity contribution is 6.19. The summed E-state index contributed by atoms with van der Waals surface area (Å²) in [5, 5.41) is 12.8. The Hall–Kier alpha value is -1.85. The number of nitro benzene ring substituents is 1. The van der Waals surface area contributed by atoms with E-state index in [0.717, 1.165) is 0 Å². The van der Waals surface area contributed by atoms with Crippen LogP contribution in [-0.2, 0) is 0 Å². The lowest BCUT2D eigenvalue weighted by Gasteiger charge is -1.99. The SMILES string of the molecule is BNC(=O)c1ccccc1[N+](=O)[O-]. The third-order valence-corrected chi connectivity index (χ3v) is 1.57. The Labute approximate surface area is 75.3 Å². The summed E-state index contributed by atoms with van der Waals surface area (Å²) >= 11 is 0. The van der Waals surface area contributed by atoms with Gasteiger partial charge in [-0.05, 0) is 6.07 Å². The summed E-state index contributed by atoms with van der Waals surface area (Å²) in [6, 6.07) is 5.81. The van der Waals surface area contributed by atoms with Gasteiger partial charge in [0.25, 0.3) is 5.69 Å². The van der Waals surface area contributed by atoms with Crippen molar-refractivity contribution in [2.45, 2.75) is 0 Å². The maximum absolute atomic E-state index is 11.1. The molecule has 66 valence electrons. The number of carbonyl (C=O) groups is 1. The van der Waals surface area contributed by atoms with Crippen LogP contribution in [-0.4, -0.2) is 18.8 Å². The van der Waals surface area contributed by atoms with Gasteiger partial charge in [0.15, 0.2) is 0 Å². The van der Waals surface area contributed by atoms with Crippen LogP contribution < -0.4 is 5.23 Å². The molecule has 13 heavy (non-hydrogen) atoms. The van der Waals surface area contributed by atoms with Crippen LogP contribution in [0.5, 0.6) is 0 Å². The molecule has 0 spiro atoms. The number of nitrogens with zero attached hydrogens (tertiary/aromatic N) is 1. The number of nitrogens with one attached hydrogen (secondary N) is 1. The molecule has 0 aromatic heterocycles. The number of nitro groups is 1. The van der Waals surface area contributed by atoms with Crippen molar-refractivity contribution in [1.29, 1.82) is 0 Å². The first-order chi connectivity index (χ1) is 6.16. The molecule has 0 saturated carbocycles. The van der Waals surface area contributed by atoms with E-state index in [2.05, 4.69) is 5.23 Å². The molecule has 0 saturated heterocycles. The maximum atomic E-state index is 11.1. The maximum Gasteiger partial charge on any atom is 0.282 e. The Morgan fingerprint density at radius 1 is 1.46 bits per heavy atom. The number of benzene rings is 1. The molecule has 1 aromatic carbocycles. The molecule has 0 atom stereocenters. The van der Waals surface area contributed by atoms with Gasteiger partial charge in [0.05, 0.1) is 4.92 Å². The van der Waals surface area contributed by atoms with Gasteiger partial charge >= 0.3 is 0 Å². The smallest absolute Gasteiger partial charge is 0.282 e. The van der Waals surface area contributed by atoms with Crippen LogP contribution in [0.15, 0.2) is 24.3 Å². The molecule has 0 aliphatic rings. The molecular formula is C7H7BN2O3. The van der Waals surface area contributed by atoms with Gasteiger partial charge in [-0.1, -0.05) is 12.1 Å². The van der Waals surface area contributed by atoms with Gasteiger partial charge < -0.3 is 5.23 Å². The first kappa shape index (κ1) is 9.24. The highest BCUT2D eigenvalue weighted by Gasteiger charge is 2.16. The van der Waals surface area contributed by atoms with E-state index in [1.807, 2.05) is 0 Å². The number of para-hydroxylation sites is 1. The zero-order valence-electron chi connectivity index (χ0n) is 6.98. The molecule has 0 heterocycles. The monoisotopic (exact) mass is 178 g/mol. The number of amides is 1. The Bertz CT molecular complexity index is 353. The molecule has 0 bridgehead atoms. The predicted molar refractivity (Wildman–Crippen MR) is 49.1 cm³/mol. The minimum atomic E-state index is -0.579. The van der Waals surface area contributed by atoms with Crippen LogP contribution in [0.4, 0.5) is 5.69 Å². The van der Waals surface area contributed by atoms with Gasteiger partial charge in [-0.3, -0.25) is 14.9 Å². The molecule has 1 aromatic rings. The zero-order chi connectivity index (χ0) is 9.84. The van der Waals surface area contributed by atoms with Crippen molar-refractivity contribution < 1.29 is 9.72 Å². The molecule has 6 heteroatoms. The van der Waals surface area contributed by atoms with Crippen molar-refractivity contribution in [2.24, 2.45) is 0 Å². The molecular weight excluding hydrogens is 171 g/mol. The Kier molecular flexibility index (Phi) is 2.64. The summed E-state index contributed by atoms with van der Waals surface area (Å²) in [6.07, 6.45) is 0. The van der Waals surface area contributed by atoms with Gasteiger partial charge in [-0.2, -0.15) is 0 Å². The van der Waals surface area contributed by atoms with Gasteiger partial charge in [0, 0.05) is 6.07 Å². The van der Waals surface area contributed by atoms with Crippen LogP contribution >= 0.6 is 0 Å². The molecule has 0 aliphatic carbocycles. The van der Waals surface area contributed by atoms with E-state index in [1.54, 1.807) is 6.07 Å². The molecule has 1 N–H and O–H groups in total. The first-order valence-electron chi connectivity index (χ1n) is 3.62. The van der Waals surface area contributed by atoms with E-state index in [4.69, 9.17) is 0 Å². The van der Waals surface area contributed by atoms with Gasteiger partial charge in [0.1, 0.15) is 5.56 Å². The Morgan fingerprint density at radius 2 is 2.08 bits per heavy atom. The summed E-state index contributed by atoms with van der Waals surface area (Å²) in [4.78, 5) is 21.0.